The molecule has 0 spiro atoms. The molecule has 6 heteroatoms. The van der Waals surface area contributed by atoms with E-state index in [1.165, 1.54) is 4.31 Å². The van der Waals surface area contributed by atoms with Gasteiger partial charge >= 0.3 is 5.97 Å². The molecule has 2 fully saturated rings. The molecule has 2 aliphatic rings. The van der Waals surface area contributed by atoms with Crippen LogP contribution in [0.25, 0.3) is 0 Å². The predicted molar refractivity (Wildman–Crippen MR) is 77.4 cm³/mol. The van der Waals surface area contributed by atoms with E-state index in [0.29, 0.717) is 6.42 Å². The number of fused-ring (bicyclic) bond motifs is 1. The predicted octanol–water partition coefficient (Wildman–Crippen LogP) is 2.01. The fraction of sp³-hybridized carbons (Fsp3) is 0.533. The van der Waals surface area contributed by atoms with Crippen molar-refractivity contribution < 1.29 is 18.3 Å². The molecule has 1 unspecified atom stereocenters. The normalized spacial score (nSPS) is 29.5. The monoisotopic (exact) mass is 309 g/mol. The molecule has 5 nitrogen and oxygen atoms in total. The molecular weight excluding hydrogens is 290 g/mol. The Morgan fingerprint density at radius 2 is 1.90 bits per heavy atom. The SMILES string of the molecule is Cc1ccc(S(=O)(=O)N2C(C(=O)O)C[C@@H]3CCC[C@@H]32)cc1. The van der Waals surface area contributed by atoms with E-state index in [0.717, 1.165) is 24.8 Å². The van der Waals surface area contributed by atoms with Crippen molar-refractivity contribution in [1.29, 1.82) is 0 Å². The van der Waals surface area contributed by atoms with Crippen LogP contribution in [0.3, 0.4) is 0 Å². The van der Waals surface area contributed by atoms with Crippen molar-refractivity contribution in [2.45, 2.75) is 49.6 Å². The number of hydrogen-bond donors (Lipinski definition) is 1. The minimum absolute atomic E-state index is 0.155. The van der Waals surface area contributed by atoms with Crippen molar-refractivity contribution in [1.82, 2.24) is 4.31 Å². The molecule has 1 aliphatic heterocycles. The summed E-state index contributed by atoms with van der Waals surface area (Å²) in [6.45, 7) is 1.89. The zero-order valence-electron chi connectivity index (χ0n) is 11.9. The average Bonchev–Trinajstić information content (AvgIpc) is 2.98. The number of carbonyl (C=O) groups is 1. The summed E-state index contributed by atoms with van der Waals surface area (Å²) in [6.07, 6.45) is 3.10. The van der Waals surface area contributed by atoms with Gasteiger partial charge < -0.3 is 5.11 Å². The highest BCUT2D eigenvalue weighted by atomic mass is 32.2. The van der Waals surface area contributed by atoms with Crippen LogP contribution >= 0.6 is 0 Å². The Bertz CT molecular complexity index is 653. The second-order valence-corrected chi connectivity index (χ2v) is 7.84. The van der Waals surface area contributed by atoms with Crippen LogP contribution in [0.5, 0.6) is 0 Å². The van der Waals surface area contributed by atoms with Crippen molar-refractivity contribution >= 4 is 16.0 Å². The maximum absolute atomic E-state index is 12.9. The lowest BCUT2D eigenvalue weighted by Crippen LogP contribution is -2.44. The van der Waals surface area contributed by atoms with Gasteiger partial charge in [-0.3, -0.25) is 4.79 Å². The molecule has 1 aliphatic carbocycles. The molecule has 1 heterocycles. The molecule has 1 aromatic carbocycles. The van der Waals surface area contributed by atoms with Gasteiger partial charge in [0.2, 0.25) is 10.0 Å². The van der Waals surface area contributed by atoms with Crippen molar-refractivity contribution in [2.75, 3.05) is 0 Å². The molecule has 0 aromatic heterocycles. The van der Waals surface area contributed by atoms with Gasteiger partial charge in [-0.15, -0.1) is 0 Å². The van der Waals surface area contributed by atoms with Crippen LogP contribution in [-0.2, 0) is 14.8 Å². The molecule has 1 N–H and O–H groups in total. The first kappa shape index (κ1) is 14.5. The van der Waals surface area contributed by atoms with Crippen molar-refractivity contribution in [2.24, 2.45) is 5.92 Å². The highest BCUT2D eigenvalue weighted by Gasteiger charge is 2.52. The lowest BCUT2D eigenvalue weighted by molar-refractivity contribution is -0.141. The fourth-order valence-corrected chi connectivity index (χ4v) is 5.51. The second-order valence-electron chi connectivity index (χ2n) is 6.00. The first-order chi connectivity index (χ1) is 9.91. The van der Waals surface area contributed by atoms with Gasteiger partial charge in [-0.25, -0.2) is 8.42 Å². The fourth-order valence-electron chi connectivity index (χ4n) is 3.64. The quantitative estimate of drug-likeness (QED) is 0.927. The maximum atomic E-state index is 12.9. The molecule has 21 heavy (non-hydrogen) atoms. The summed E-state index contributed by atoms with van der Waals surface area (Å²) in [5.74, 6) is -0.855. The van der Waals surface area contributed by atoms with Crippen LogP contribution in [0.15, 0.2) is 29.2 Å². The molecule has 3 rings (SSSR count). The number of aliphatic carboxylic acids is 1. The number of rotatable bonds is 3. The maximum Gasteiger partial charge on any atom is 0.322 e. The zero-order chi connectivity index (χ0) is 15.2. The van der Waals surface area contributed by atoms with Crippen LogP contribution in [0.1, 0.15) is 31.2 Å². The summed E-state index contributed by atoms with van der Waals surface area (Å²) in [5.41, 5.74) is 0.976. The first-order valence-corrected chi connectivity index (χ1v) is 8.68. The van der Waals surface area contributed by atoms with E-state index < -0.39 is 22.0 Å². The third-order valence-electron chi connectivity index (χ3n) is 4.66. The molecule has 3 atom stereocenters. The number of nitrogens with zero attached hydrogens (tertiary/aromatic N) is 1. The first-order valence-electron chi connectivity index (χ1n) is 7.24. The largest absolute Gasteiger partial charge is 0.480 e. The number of sulfonamides is 1. The van der Waals surface area contributed by atoms with Gasteiger partial charge in [0, 0.05) is 6.04 Å². The van der Waals surface area contributed by atoms with Gasteiger partial charge in [-0.2, -0.15) is 4.31 Å². The van der Waals surface area contributed by atoms with Crippen LogP contribution in [0.4, 0.5) is 0 Å². The molecule has 114 valence electrons. The Morgan fingerprint density at radius 1 is 1.24 bits per heavy atom. The summed E-state index contributed by atoms with van der Waals surface area (Å²) >= 11 is 0. The summed E-state index contributed by atoms with van der Waals surface area (Å²) < 4.78 is 27.0. The topological polar surface area (TPSA) is 74.7 Å². The highest BCUT2D eigenvalue weighted by Crippen LogP contribution is 2.44. The summed E-state index contributed by atoms with van der Waals surface area (Å²) in [4.78, 5) is 11.7. The number of benzene rings is 1. The third-order valence-corrected chi connectivity index (χ3v) is 6.61. The van der Waals surface area contributed by atoms with E-state index in [9.17, 15) is 18.3 Å². The molecule has 1 aromatic rings. The van der Waals surface area contributed by atoms with E-state index in [4.69, 9.17) is 0 Å². The summed E-state index contributed by atoms with van der Waals surface area (Å²) in [5, 5.41) is 9.39. The summed E-state index contributed by atoms with van der Waals surface area (Å²) in [6, 6.07) is 5.52. The van der Waals surface area contributed by atoms with Gasteiger partial charge in [0.1, 0.15) is 6.04 Å². The van der Waals surface area contributed by atoms with E-state index in [1.54, 1.807) is 24.3 Å². The smallest absolute Gasteiger partial charge is 0.322 e. The molecule has 1 saturated heterocycles. The molecular formula is C15H19NO4S. The number of carboxylic acids is 1. The van der Waals surface area contributed by atoms with Crippen LogP contribution in [0.2, 0.25) is 0 Å². The Balaban J connectivity index is 2.02. The van der Waals surface area contributed by atoms with Crippen LogP contribution in [0, 0.1) is 12.8 Å². The number of hydrogen-bond acceptors (Lipinski definition) is 3. The molecule has 0 radical (unpaired) electrons. The van der Waals surface area contributed by atoms with Gasteiger partial charge in [-0.05, 0) is 44.2 Å². The van der Waals surface area contributed by atoms with E-state index in [1.807, 2.05) is 6.92 Å². The standard InChI is InChI=1S/C15H19NO4S/c1-10-5-7-12(8-6-10)21(19,20)16-13-4-2-3-11(13)9-14(16)15(17)18/h5-8,11,13-14H,2-4,9H2,1H3,(H,17,18)/t11-,13-,14?/m0/s1. The third kappa shape index (κ3) is 2.36. The van der Waals surface area contributed by atoms with Gasteiger partial charge in [0.15, 0.2) is 0 Å². The Hall–Kier alpha value is -1.40. The zero-order valence-corrected chi connectivity index (χ0v) is 12.7. The second kappa shape index (κ2) is 5.10. The van der Waals surface area contributed by atoms with Gasteiger partial charge in [0.25, 0.3) is 0 Å². The molecule has 0 bridgehead atoms. The average molecular weight is 309 g/mol. The Kier molecular flexibility index (Phi) is 3.53. The van der Waals surface area contributed by atoms with Crippen LogP contribution < -0.4 is 0 Å². The van der Waals surface area contributed by atoms with Crippen molar-refractivity contribution in [3.8, 4) is 0 Å². The Labute approximate surface area is 124 Å². The lowest BCUT2D eigenvalue weighted by Gasteiger charge is -2.26. The van der Waals surface area contributed by atoms with Gasteiger partial charge in [0.05, 0.1) is 4.90 Å². The van der Waals surface area contributed by atoms with Gasteiger partial charge in [-0.1, -0.05) is 24.1 Å². The minimum Gasteiger partial charge on any atom is -0.480 e. The number of carboxylic acid groups (broad SMARTS) is 1. The Morgan fingerprint density at radius 3 is 2.52 bits per heavy atom. The van der Waals surface area contributed by atoms with Crippen molar-refractivity contribution in [3.63, 3.8) is 0 Å². The van der Waals surface area contributed by atoms with Crippen molar-refractivity contribution in [3.05, 3.63) is 29.8 Å². The van der Waals surface area contributed by atoms with E-state index in [2.05, 4.69) is 0 Å². The minimum atomic E-state index is -3.75. The molecule has 0 amide bonds. The van der Waals surface area contributed by atoms with Crippen LogP contribution in [-0.4, -0.2) is 35.9 Å². The number of aryl methyl sites for hydroxylation is 1. The van der Waals surface area contributed by atoms with E-state index in [-0.39, 0.29) is 16.9 Å². The molecule has 1 saturated carbocycles. The summed E-state index contributed by atoms with van der Waals surface area (Å²) in [7, 11) is -3.75. The lowest BCUT2D eigenvalue weighted by atomic mass is 10.0. The highest BCUT2D eigenvalue weighted by molar-refractivity contribution is 7.89. The van der Waals surface area contributed by atoms with E-state index >= 15 is 0 Å².